The van der Waals surface area contributed by atoms with Crippen LogP contribution in [-0.4, -0.2) is 40.4 Å². The number of rotatable bonds is 4. The molecule has 2 heterocycles. The number of aliphatic imine (C=N–C) groups is 2. The fourth-order valence-corrected chi connectivity index (χ4v) is 3.89. The van der Waals surface area contributed by atoms with Crippen LogP contribution in [0.15, 0.2) is 82.1 Å². The van der Waals surface area contributed by atoms with Gasteiger partial charge in [0, 0.05) is 48.9 Å². The predicted octanol–water partition coefficient (Wildman–Crippen LogP) is 7.56. The van der Waals surface area contributed by atoms with Crippen LogP contribution in [-0.2, 0) is 6.42 Å². The fraction of sp³-hybridized carbons (Fsp3) is 0.429. The van der Waals surface area contributed by atoms with Crippen LogP contribution in [0.1, 0.15) is 59.1 Å². The number of nitrogens with zero attached hydrogens (tertiary/aromatic N) is 4. The van der Waals surface area contributed by atoms with E-state index in [0.29, 0.717) is 0 Å². The molecule has 1 aromatic rings. The molecule has 0 spiro atoms. The summed E-state index contributed by atoms with van der Waals surface area (Å²) in [5, 5.41) is 1.03. The van der Waals surface area contributed by atoms with Gasteiger partial charge in [-0.15, -0.1) is 11.8 Å². The van der Waals surface area contributed by atoms with E-state index in [4.69, 9.17) is 4.99 Å². The van der Waals surface area contributed by atoms with E-state index < -0.39 is 0 Å². The molecule has 0 atom stereocenters. The summed E-state index contributed by atoms with van der Waals surface area (Å²) in [6.07, 6.45) is 4.26. The quantitative estimate of drug-likeness (QED) is 0.339. The van der Waals surface area contributed by atoms with Gasteiger partial charge in [-0.1, -0.05) is 69.8 Å². The third-order valence-electron chi connectivity index (χ3n) is 5.47. The summed E-state index contributed by atoms with van der Waals surface area (Å²) in [5.41, 5.74) is 7.11. The van der Waals surface area contributed by atoms with E-state index in [1.807, 2.05) is 58.5 Å². The topological polar surface area (TPSA) is 31.2 Å². The normalized spacial score (nSPS) is 16.1. The van der Waals surface area contributed by atoms with Crippen molar-refractivity contribution in [3.8, 4) is 0 Å². The molecule has 180 valence electrons. The average Bonchev–Trinajstić information content (AvgIpc) is 3.25. The highest BCUT2D eigenvalue weighted by molar-refractivity contribution is 8.14. The Morgan fingerprint density at radius 1 is 1.06 bits per heavy atom. The molecular weight excluding hydrogens is 424 g/mol. The van der Waals surface area contributed by atoms with Gasteiger partial charge in [0.1, 0.15) is 11.6 Å². The summed E-state index contributed by atoms with van der Waals surface area (Å²) < 4.78 is 0. The minimum Gasteiger partial charge on any atom is -0.332 e. The minimum atomic E-state index is 0.882. The number of likely N-dealkylation sites (N-methyl/N-ethyl adjacent to an activating group) is 1. The first-order valence-electron chi connectivity index (χ1n) is 11.7. The van der Waals surface area contributed by atoms with Gasteiger partial charge in [-0.25, -0.2) is 4.99 Å². The van der Waals surface area contributed by atoms with Gasteiger partial charge in [0.25, 0.3) is 0 Å². The van der Waals surface area contributed by atoms with E-state index in [1.165, 1.54) is 16.8 Å². The van der Waals surface area contributed by atoms with Crippen molar-refractivity contribution >= 4 is 22.5 Å². The summed E-state index contributed by atoms with van der Waals surface area (Å²) in [7, 11) is 3.96. The molecule has 5 heteroatoms. The zero-order valence-corrected chi connectivity index (χ0v) is 22.9. The molecule has 0 fully saturated rings. The molecule has 0 saturated heterocycles. The van der Waals surface area contributed by atoms with Crippen molar-refractivity contribution < 1.29 is 0 Å². The van der Waals surface area contributed by atoms with Gasteiger partial charge in [-0.3, -0.25) is 4.99 Å². The smallest absolute Gasteiger partial charge is 0.139 e. The van der Waals surface area contributed by atoms with Gasteiger partial charge in [-0.2, -0.15) is 0 Å². The Hall–Kier alpha value is -2.53. The van der Waals surface area contributed by atoms with E-state index in [2.05, 4.69) is 62.3 Å². The van der Waals surface area contributed by atoms with Crippen LogP contribution < -0.4 is 0 Å². The van der Waals surface area contributed by atoms with Crippen LogP contribution in [0.25, 0.3) is 0 Å². The number of hydrogen-bond acceptors (Lipinski definition) is 5. The highest BCUT2D eigenvalue weighted by atomic mass is 32.2. The molecule has 0 aliphatic carbocycles. The molecule has 0 aromatic heterocycles. The van der Waals surface area contributed by atoms with Gasteiger partial charge < -0.3 is 9.80 Å². The second kappa shape index (κ2) is 13.9. The molecule has 0 N–H and O–H groups in total. The van der Waals surface area contributed by atoms with Crippen LogP contribution in [0.3, 0.4) is 0 Å². The lowest BCUT2D eigenvalue weighted by Gasteiger charge is -2.37. The number of hydrogen-bond donors (Lipinski definition) is 0. The molecule has 0 unspecified atom stereocenters. The van der Waals surface area contributed by atoms with Crippen molar-refractivity contribution in [1.82, 2.24) is 9.80 Å². The van der Waals surface area contributed by atoms with Crippen molar-refractivity contribution in [2.75, 3.05) is 19.8 Å². The largest absolute Gasteiger partial charge is 0.332 e. The molecule has 33 heavy (non-hydrogen) atoms. The van der Waals surface area contributed by atoms with Crippen LogP contribution in [0.4, 0.5) is 0 Å². The fourth-order valence-electron chi connectivity index (χ4n) is 3.18. The minimum absolute atomic E-state index is 0.882. The average molecular weight is 467 g/mol. The number of allylic oxidation sites excluding steroid dienone is 3. The maximum Gasteiger partial charge on any atom is 0.139 e. The van der Waals surface area contributed by atoms with Crippen LogP contribution >= 0.6 is 11.8 Å². The zero-order chi connectivity index (χ0) is 25.1. The lowest BCUT2D eigenvalue weighted by Crippen LogP contribution is -2.34. The van der Waals surface area contributed by atoms with Gasteiger partial charge in [0.05, 0.1) is 5.04 Å². The standard InChI is InChI=1S/C17H24N4S.C9H12.C2H6/c1-11-8-9-16(18-11)10-22-14(4)19-17-12(2)13(3)20(6)15(5)21(17)7;1-3-9-6-4-8(2)5-7-9;1-2/h8H,3,5,9-10H2,1-2,4,6-7H3;4-7H,3H2,1-2H3;1-2H3/b19-14+;;. The van der Waals surface area contributed by atoms with Crippen molar-refractivity contribution in [3.05, 3.63) is 83.2 Å². The van der Waals surface area contributed by atoms with E-state index in [-0.39, 0.29) is 0 Å². The first-order valence-corrected chi connectivity index (χ1v) is 12.7. The molecule has 0 saturated carbocycles. The summed E-state index contributed by atoms with van der Waals surface area (Å²) in [6.45, 7) is 22.6. The van der Waals surface area contributed by atoms with Gasteiger partial charge in [-0.05, 0) is 39.7 Å². The second-order valence-electron chi connectivity index (χ2n) is 7.92. The van der Waals surface area contributed by atoms with Crippen LogP contribution in [0.2, 0.25) is 0 Å². The van der Waals surface area contributed by atoms with Crippen molar-refractivity contribution in [3.63, 3.8) is 0 Å². The zero-order valence-electron chi connectivity index (χ0n) is 22.1. The Bertz CT molecular complexity index is 949. The SMILES string of the molecule is C=C1C(C)=C(/N=C(\C)SCC2=NC(C)=CC2)N(C)C(=C)N1C.CC.CCc1ccc(C)cc1. The summed E-state index contributed by atoms with van der Waals surface area (Å²) in [6, 6.07) is 8.66. The molecule has 2 aliphatic rings. The lowest BCUT2D eigenvalue weighted by atomic mass is 10.1. The van der Waals surface area contributed by atoms with Crippen LogP contribution in [0, 0.1) is 6.92 Å². The molecule has 0 amide bonds. The van der Waals surface area contributed by atoms with Crippen LogP contribution in [0.5, 0.6) is 0 Å². The Morgan fingerprint density at radius 2 is 1.67 bits per heavy atom. The highest BCUT2D eigenvalue weighted by Crippen LogP contribution is 2.31. The van der Waals surface area contributed by atoms with Crippen molar-refractivity contribution in [1.29, 1.82) is 0 Å². The Balaban J connectivity index is 0.000000412. The Labute approximate surface area is 206 Å². The first kappa shape index (κ1) is 28.5. The second-order valence-corrected chi connectivity index (χ2v) is 9.08. The highest BCUT2D eigenvalue weighted by Gasteiger charge is 2.24. The summed E-state index contributed by atoms with van der Waals surface area (Å²) >= 11 is 1.73. The first-order chi connectivity index (χ1) is 15.6. The number of aryl methyl sites for hydroxylation is 2. The third kappa shape index (κ3) is 8.39. The predicted molar refractivity (Wildman–Crippen MR) is 150 cm³/mol. The van der Waals surface area contributed by atoms with Crippen molar-refractivity contribution in [2.24, 2.45) is 9.98 Å². The van der Waals surface area contributed by atoms with Gasteiger partial charge in [0.2, 0.25) is 0 Å². The molecule has 1 aromatic carbocycles. The molecule has 4 nitrogen and oxygen atoms in total. The van der Waals surface area contributed by atoms with E-state index in [0.717, 1.165) is 52.2 Å². The van der Waals surface area contributed by atoms with Gasteiger partial charge >= 0.3 is 0 Å². The number of thioether (sulfide) groups is 1. The molecular formula is C28H42N4S. The van der Waals surface area contributed by atoms with E-state index in [9.17, 15) is 0 Å². The Kier molecular flexibility index (Phi) is 12.0. The monoisotopic (exact) mass is 466 g/mol. The maximum absolute atomic E-state index is 4.78. The summed E-state index contributed by atoms with van der Waals surface area (Å²) in [5.74, 6) is 2.69. The van der Waals surface area contributed by atoms with Crippen molar-refractivity contribution in [2.45, 2.75) is 61.3 Å². The Morgan fingerprint density at radius 3 is 2.18 bits per heavy atom. The van der Waals surface area contributed by atoms with Gasteiger partial charge in [0.15, 0.2) is 0 Å². The molecule has 0 radical (unpaired) electrons. The van der Waals surface area contributed by atoms with E-state index in [1.54, 1.807) is 11.8 Å². The molecule has 2 aliphatic heterocycles. The summed E-state index contributed by atoms with van der Waals surface area (Å²) in [4.78, 5) is 13.3. The third-order valence-corrected chi connectivity index (χ3v) is 6.46. The molecule has 3 rings (SSSR count). The molecule has 0 bridgehead atoms. The maximum atomic E-state index is 4.78. The number of benzene rings is 1. The lowest BCUT2D eigenvalue weighted by molar-refractivity contribution is 0.333. The van der Waals surface area contributed by atoms with E-state index >= 15 is 0 Å².